The summed E-state index contributed by atoms with van der Waals surface area (Å²) in [6.45, 7) is 2.33. The van der Waals surface area contributed by atoms with Gasteiger partial charge in [-0.15, -0.1) is 0 Å². The summed E-state index contributed by atoms with van der Waals surface area (Å²) in [6.07, 6.45) is 5.27. The smallest absolute Gasteiger partial charge is 0.164 e. The molecule has 236 valence electrons. The van der Waals surface area contributed by atoms with Gasteiger partial charge >= 0.3 is 0 Å². The number of allylic oxidation sites excluding steroid dienone is 1. The number of hydrogen-bond acceptors (Lipinski definition) is 4. The van der Waals surface area contributed by atoms with Gasteiger partial charge in [-0.3, -0.25) is 0 Å². The van der Waals surface area contributed by atoms with Crippen LogP contribution in [0.5, 0.6) is 0 Å². The second-order valence-electron chi connectivity index (χ2n) is 13.4. The van der Waals surface area contributed by atoms with Crippen LogP contribution in [0, 0.1) is 0 Å². The van der Waals surface area contributed by atoms with Gasteiger partial charge in [-0.2, -0.15) is 0 Å². The fraction of sp³-hybridized carbons (Fsp3) is 0.0652. The van der Waals surface area contributed by atoms with Gasteiger partial charge in [-0.1, -0.05) is 140 Å². The number of furan rings is 1. The van der Waals surface area contributed by atoms with Crippen molar-refractivity contribution in [3.05, 3.63) is 169 Å². The average Bonchev–Trinajstić information content (AvgIpc) is 3.57. The fourth-order valence-electron chi connectivity index (χ4n) is 7.83. The predicted octanol–water partition coefficient (Wildman–Crippen LogP) is 11.8. The van der Waals surface area contributed by atoms with E-state index in [1.165, 1.54) is 32.7 Å². The van der Waals surface area contributed by atoms with E-state index in [0.717, 1.165) is 50.6 Å². The topological polar surface area (TPSA) is 51.8 Å². The summed E-state index contributed by atoms with van der Waals surface area (Å²) in [7, 11) is 0. The molecule has 0 N–H and O–H groups in total. The molecule has 1 unspecified atom stereocenters. The minimum Gasteiger partial charge on any atom is -0.456 e. The Morgan fingerprint density at radius 3 is 2.04 bits per heavy atom. The van der Waals surface area contributed by atoms with Crippen molar-refractivity contribution < 1.29 is 4.42 Å². The monoisotopic (exact) mass is 641 g/mol. The van der Waals surface area contributed by atoms with Crippen LogP contribution in [0.3, 0.4) is 0 Å². The SMILES string of the molecule is CC1(c2ccc3cc(-c4nc(-c5ccccc5)nc(-c5cc6ccccc6c6ccccc56)n4)ccc3c2)CC=Cc2oc3ccccc3c21. The van der Waals surface area contributed by atoms with Crippen LogP contribution in [0.25, 0.3) is 83.5 Å². The number of aromatic nitrogens is 3. The van der Waals surface area contributed by atoms with Gasteiger partial charge in [0.05, 0.1) is 0 Å². The number of para-hydroxylation sites is 1. The Labute approximate surface area is 289 Å². The molecule has 0 bridgehead atoms. The van der Waals surface area contributed by atoms with Crippen LogP contribution in [0.4, 0.5) is 0 Å². The molecule has 4 nitrogen and oxygen atoms in total. The zero-order chi connectivity index (χ0) is 33.2. The molecule has 50 heavy (non-hydrogen) atoms. The molecule has 1 aliphatic carbocycles. The van der Waals surface area contributed by atoms with Crippen molar-refractivity contribution in [3.8, 4) is 34.2 Å². The molecule has 0 spiro atoms. The third kappa shape index (κ3) is 4.49. The molecule has 0 aliphatic heterocycles. The molecular formula is C46H31N3O. The second kappa shape index (κ2) is 11.1. The number of fused-ring (bicyclic) bond motifs is 7. The van der Waals surface area contributed by atoms with E-state index >= 15 is 0 Å². The summed E-state index contributed by atoms with van der Waals surface area (Å²) < 4.78 is 6.28. The highest BCUT2D eigenvalue weighted by molar-refractivity contribution is 6.13. The molecule has 0 radical (unpaired) electrons. The van der Waals surface area contributed by atoms with E-state index in [0.29, 0.717) is 17.5 Å². The summed E-state index contributed by atoms with van der Waals surface area (Å²) in [4.78, 5) is 15.3. The number of nitrogens with zero attached hydrogens (tertiary/aromatic N) is 3. The lowest BCUT2D eigenvalue weighted by atomic mass is 9.70. The maximum absolute atomic E-state index is 6.28. The largest absolute Gasteiger partial charge is 0.456 e. The minimum absolute atomic E-state index is 0.208. The summed E-state index contributed by atoms with van der Waals surface area (Å²) in [6, 6.07) is 51.1. The lowest BCUT2D eigenvalue weighted by Crippen LogP contribution is -2.25. The lowest BCUT2D eigenvalue weighted by molar-refractivity contribution is 0.535. The Hall–Kier alpha value is -6.39. The van der Waals surface area contributed by atoms with Crippen molar-refractivity contribution in [1.29, 1.82) is 0 Å². The van der Waals surface area contributed by atoms with Crippen molar-refractivity contribution >= 4 is 49.4 Å². The highest BCUT2D eigenvalue weighted by Crippen LogP contribution is 2.46. The van der Waals surface area contributed by atoms with Crippen LogP contribution >= 0.6 is 0 Å². The van der Waals surface area contributed by atoms with E-state index in [1.54, 1.807) is 0 Å². The third-order valence-electron chi connectivity index (χ3n) is 10.4. The van der Waals surface area contributed by atoms with Crippen molar-refractivity contribution in [2.75, 3.05) is 0 Å². The Morgan fingerprint density at radius 2 is 1.18 bits per heavy atom. The van der Waals surface area contributed by atoms with E-state index in [4.69, 9.17) is 19.4 Å². The van der Waals surface area contributed by atoms with E-state index in [1.807, 2.05) is 24.3 Å². The van der Waals surface area contributed by atoms with E-state index in [2.05, 4.69) is 140 Å². The zero-order valence-corrected chi connectivity index (χ0v) is 27.5. The molecule has 4 heteroatoms. The summed E-state index contributed by atoms with van der Waals surface area (Å²) in [5, 5.41) is 8.17. The van der Waals surface area contributed by atoms with Crippen LogP contribution < -0.4 is 0 Å². The normalized spacial score (nSPS) is 15.6. The molecule has 1 aliphatic rings. The Morgan fingerprint density at radius 1 is 0.520 bits per heavy atom. The van der Waals surface area contributed by atoms with Crippen LogP contribution in [0.15, 0.2) is 156 Å². The van der Waals surface area contributed by atoms with Gasteiger partial charge in [0.15, 0.2) is 17.5 Å². The highest BCUT2D eigenvalue weighted by atomic mass is 16.3. The van der Waals surface area contributed by atoms with Crippen LogP contribution in [0.1, 0.15) is 30.2 Å². The first-order valence-electron chi connectivity index (χ1n) is 17.1. The van der Waals surface area contributed by atoms with Crippen LogP contribution in [-0.2, 0) is 5.41 Å². The summed E-state index contributed by atoms with van der Waals surface area (Å²) >= 11 is 0. The standard InChI is InChI=1S/C46H31N3O/c1-46(25-11-20-41-42(46)38-18-9-10-19-40(38)50-41)34-24-23-30-26-33(22-21-31(30)27-34)44-47-43(29-12-3-2-4-13-29)48-45(49-44)39-28-32-14-5-6-15-35(32)36-16-7-8-17-37(36)39/h2-24,26-28H,25H2,1H3. The molecule has 0 fully saturated rings. The van der Waals surface area contributed by atoms with Gasteiger partial charge in [-0.25, -0.2) is 15.0 Å². The molecule has 7 aromatic carbocycles. The van der Waals surface area contributed by atoms with Gasteiger partial charge < -0.3 is 4.42 Å². The van der Waals surface area contributed by atoms with Gasteiger partial charge in [0.2, 0.25) is 0 Å². The van der Waals surface area contributed by atoms with Crippen molar-refractivity contribution in [1.82, 2.24) is 15.0 Å². The summed E-state index contributed by atoms with van der Waals surface area (Å²) in [5.41, 5.74) is 6.15. The molecule has 9 aromatic rings. The molecule has 0 amide bonds. The maximum Gasteiger partial charge on any atom is 0.164 e. The summed E-state index contributed by atoms with van der Waals surface area (Å²) in [5.74, 6) is 2.91. The minimum atomic E-state index is -0.208. The lowest BCUT2D eigenvalue weighted by Gasteiger charge is -2.32. The first-order chi connectivity index (χ1) is 24.6. The zero-order valence-electron chi connectivity index (χ0n) is 27.5. The number of benzene rings is 7. The number of rotatable bonds is 4. The van der Waals surface area contributed by atoms with Crippen LogP contribution in [-0.4, -0.2) is 15.0 Å². The van der Waals surface area contributed by atoms with Crippen molar-refractivity contribution in [2.45, 2.75) is 18.8 Å². The molecule has 2 aromatic heterocycles. The van der Waals surface area contributed by atoms with E-state index < -0.39 is 0 Å². The number of hydrogen-bond donors (Lipinski definition) is 0. The average molecular weight is 642 g/mol. The Bertz CT molecular complexity index is 2810. The van der Waals surface area contributed by atoms with Gasteiger partial charge in [0.1, 0.15) is 11.3 Å². The molecule has 1 atom stereocenters. The predicted molar refractivity (Wildman–Crippen MR) is 205 cm³/mol. The maximum atomic E-state index is 6.28. The first-order valence-corrected chi connectivity index (χ1v) is 17.1. The quantitative estimate of drug-likeness (QED) is 0.179. The fourth-order valence-corrected chi connectivity index (χ4v) is 7.83. The third-order valence-corrected chi connectivity index (χ3v) is 10.4. The Balaban J connectivity index is 1.12. The highest BCUT2D eigenvalue weighted by Gasteiger charge is 2.36. The molecule has 0 saturated heterocycles. The van der Waals surface area contributed by atoms with Crippen molar-refractivity contribution in [3.63, 3.8) is 0 Å². The van der Waals surface area contributed by atoms with E-state index in [9.17, 15) is 0 Å². The molecule has 2 heterocycles. The Kier molecular flexibility index (Phi) is 6.34. The van der Waals surface area contributed by atoms with Crippen molar-refractivity contribution in [2.24, 2.45) is 0 Å². The first kappa shape index (κ1) is 28.6. The van der Waals surface area contributed by atoms with Gasteiger partial charge in [0.25, 0.3) is 0 Å². The van der Waals surface area contributed by atoms with E-state index in [-0.39, 0.29) is 5.41 Å². The second-order valence-corrected chi connectivity index (χ2v) is 13.4. The molecule has 0 saturated carbocycles. The molecular weight excluding hydrogens is 611 g/mol. The van der Waals surface area contributed by atoms with Crippen LogP contribution in [0.2, 0.25) is 0 Å². The van der Waals surface area contributed by atoms with Gasteiger partial charge in [0, 0.05) is 33.1 Å². The van der Waals surface area contributed by atoms with Gasteiger partial charge in [-0.05, 0) is 68.6 Å². The molecule has 10 rings (SSSR count).